The van der Waals surface area contributed by atoms with Crippen molar-refractivity contribution in [3.8, 4) is 0 Å². The van der Waals surface area contributed by atoms with Crippen molar-refractivity contribution in [3.63, 3.8) is 0 Å². The van der Waals surface area contributed by atoms with E-state index in [0.29, 0.717) is 11.6 Å². The number of rotatable bonds is 5. The highest BCUT2D eigenvalue weighted by atomic mass is 35.5. The summed E-state index contributed by atoms with van der Waals surface area (Å²) in [5, 5.41) is 0.641. The van der Waals surface area contributed by atoms with Crippen molar-refractivity contribution >= 4 is 23.5 Å². The molecule has 0 N–H and O–H groups in total. The van der Waals surface area contributed by atoms with Crippen LogP contribution in [0.3, 0.4) is 0 Å². The van der Waals surface area contributed by atoms with Gasteiger partial charge in [0.25, 0.3) is 0 Å². The summed E-state index contributed by atoms with van der Waals surface area (Å²) in [5.41, 5.74) is 1.93. The van der Waals surface area contributed by atoms with E-state index >= 15 is 0 Å². The standard InChI is InChI=1S/C20H20ClNO3/c1-14(16-5-3-2-4-6-16)22-12-17(11-19(22)23)20(24)25-13-15-7-9-18(21)10-8-15/h2-10,14,17H,11-13H2,1H3/t14-,17-/m0/s1. The lowest BCUT2D eigenvalue weighted by Gasteiger charge is -2.25. The van der Waals surface area contributed by atoms with Gasteiger partial charge in [-0.05, 0) is 30.2 Å². The second-order valence-corrected chi connectivity index (χ2v) is 6.70. The Morgan fingerprint density at radius 1 is 1.20 bits per heavy atom. The van der Waals surface area contributed by atoms with E-state index in [0.717, 1.165) is 11.1 Å². The molecule has 1 fully saturated rings. The third-order valence-electron chi connectivity index (χ3n) is 4.54. The average Bonchev–Trinajstić information content (AvgIpc) is 3.03. The number of carbonyl (C=O) groups excluding carboxylic acids is 2. The molecule has 5 heteroatoms. The molecule has 1 aliphatic rings. The summed E-state index contributed by atoms with van der Waals surface area (Å²) in [6.07, 6.45) is 0.205. The number of benzene rings is 2. The van der Waals surface area contributed by atoms with E-state index < -0.39 is 5.92 Å². The molecule has 4 nitrogen and oxygen atoms in total. The first-order valence-corrected chi connectivity index (χ1v) is 8.68. The number of carbonyl (C=O) groups is 2. The van der Waals surface area contributed by atoms with E-state index in [1.807, 2.05) is 49.4 Å². The van der Waals surface area contributed by atoms with Gasteiger partial charge in [-0.1, -0.05) is 54.1 Å². The van der Waals surface area contributed by atoms with Gasteiger partial charge in [-0.2, -0.15) is 0 Å². The zero-order valence-corrected chi connectivity index (χ0v) is 14.8. The number of esters is 1. The molecule has 25 heavy (non-hydrogen) atoms. The van der Waals surface area contributed by atoms with E-state index in [9.17, 15) is 9.59 Å². The zero-order valence-electron chi connectivity index (χ0n) is 14.0. The molecule has 1 saturated heterocycles. The normalized spacial score (nSPS) is 18.2. The Labute approximate surface area is 152 Å². The predicted molar refractivity (Wildman–Crippen MR) is 95.9 cm³/mol. The summed E-state index contributed by atoms with van der Waals surface area (Å²) in [5.74, 6) is -0.748. The van der Waals surface area contributed by atoms with Crippen molar-refractivity contribution in [1.82, 2.24) is 4.90 Å². The SMILES string of the molecule is C[C@@H](c1ccccc1)N1C[C@@H](C(=O)OCc2ccc(Cl)cc2)CC1=O. The van der Waals surface area contributed by atoms with Crippen LogP contribution in [0.1, 0.15) is 30.5 Å². The maximum absolute atomic E-state index is 12.3. The maximum atomic E-state index is 12.3. The fourth-order valence-corrected chi connectivity index (χ4v) is 3.15. The molecule has 0 aromatic heterocycles. The van der Waals surface area contributed by atoms with Gasteiger partial charge in [0.2, 0.25) is 5.91 Å². The summed E-state index contributed by atoms with van der Waals surface area (Å²) in [4.78, 5) is 26.4. The van der Waals surface area contributed by atoms with Crippen molar-refractivity contribution in [1.29, 1.82) is 0 Å². The highest BCUT2D eigenvalue weighted by Gasteiger charge is 2.37. The van der Waals surface area contributed by atoms with Gasteiger partial charge in [0.05, 0.1) is 12.0 Å². The third-order valence-corrected chi connectivity index (χ3v) is 4.79. The first kappa shape index (κ1) is 17.5. The molecule has 1 aliphatic heterocycles. The smallest absolute Gasteiger partial charge is 0.311 e. The Hall–Kier alpha value is -2.33. The van der Waals surface area contributed by atoms with Crippen LogP contribution in [0, 0.1) is 5.92 Å². The number of ether oxygens (including phenoxy) is 1. The molecule has 0 saturated carbocycles. The Kier molecular flexibility index (Phi) is 5.39. The first-order chi connectivity index (χ1) is 12.0. The van der Waals surface area contributed by atoms with Crippen molar-refractivity contribution in [2.24, 2.45) is 5.92 Å². The lowest BCUT2D eigenvalue weighted by atomic mass is 10.1. The summed E-state index contributed by atoms with van der Waals surface area (Å²) in [7, 11) is 0. The van der Waals surface area contributed by atoms with E-state index in [4.69, 9.17) is 16.3 Å². The summed E-state index contributed by atoms with van der Waals surface area (Å²) in [6.45, 7) is 2.57. The maximum Gasteiger partial charge on any atom is 0.311 e. The third kappa shape index (κ3) is 4.20. The number of amides is 1. The number of likely N-dealkylation sites (tertiary alicyclic amines) is 1. The molecule has 1 amide bonds. The molecule has 3 rings (SSSR count). The number of hydrogen-bond donors (Lipinski definition) is 0. The largest absolute Gasteiger partial charge is 0.461 e. The van der Waals surface area contributed by atoms with E-state index in [1.165, 1.54) is 0 Å². The monoisotopic (exact) mass is 357 g/mol. The van der Waals surface area contributed by atoms with Gasteiger partial charge < -0.3 is 9.64 Å². The predicted octanol–water partition coefficient (Wildman–Crippen LogP) is 3.99. The average molecular weight is 358 g/mol. The van der Waals surface area contributed by atoms with Gasteiger partial charge in [-0.25, -0.2) is 0 Å². The van der Waals surface area contributed by atoms with E-state index in [2.05, 4.69) is 0 Å². The Balaban J connectivity index is 1.58. The second-order valence-electron chi connectivity index (χ2n) is 6.27. The molecular weight excluding hydrogens is 338 g/mol. The van der Waals surface area contributed by atoms with Crippen LogP contribution >= 0.6 is 11.6 Å². The minimum Gasteiger partial charge on any atom is -0.461 e. The molecule has 0 spiro atoms. The minimum absolute atomic E-state index is 0.00945. The van der Waals surface area contributed by atoms with Gasteiger partial charge in [0.15, 0.2) is 0 Å². The lowest BCUT2D eigenvalue weighted by Crippen LogP contribution is -2.29. The molecule has 2 aromatic carbocycles. The molecule has 0 unspecified atom stereocenters. The first-order valence-electron chi connectivity index (χ1n) is 8.30. The molecule has 2 atom stereocenters. The Bertz CT molecular complexity index is 745. The van der Waals surface area contributed by atoms with Gasteiger partial charge in [-0.3, -0.25) is 9.59 Å². The molecule has 0 radical (unpaired) electrons. The zero-order chi connectivity index (χ0) is 17.8. The van der Waals surface area contributed by atoms with Crippen LogP contribution in [-0.2, 0) is 20.9 Å². The molecular formula is C20H20ClNO3. The quantitative estimate of drug-likeness (QED) is 0.760. The van der Waals surface area contributed by atoms with Crippen LogP contribution in [-0.4, -0.2) is 23.3 Å². The minimum atomic E-state index is -0.411. The number of halogens is 1. The highest BCUT2D eigenvalue weighted by Crippen LogP contribution is 2.29. The van der Waals surface area contributed by atoms with E-state index in [-0.39, 0.29) is 30.9 Å². The summed E-state index contributed by atoms with van der Waals surface area (Å²) in [6, 6.07) is 16.9. The fraction of sp³-hybridized carbons (Fsp3) is 0.300. The highest BCUT2D eigenvalue weighted by molar-refractivity contribution is 6.30. The number of hydrogen-bond acceptors (Lipinski definition) is 3. The topological polar surface area (TPSA) is 46.6 Å². The van der Waals surface area contributed by atoms with Crippen LogP contribution in [0.15, 0.2) is 54.6 Å². The van der Waals surface area contributed by atoms with Crippen molar-refractivity contribution in [3.05, 3.63) is 70.7 Å². The molecule has 1 heterocycles. The van der Waals surface area contributed by atoms with Gasteiger partial charge in [0, 0.05) is 18.0 Å². The van der Waals surface area contributed by atoms with Crippen LogP contribution in [0.5, 0.6) is 0 Å². The summed E-state index contributed by atoms with van der Waals surface area (Å²) >= 11 is 5.84. The van der Waals surface area contributed by atoms with Crippen LogP contribution < -0.4 is 0 Å². The molecule has 130 valence electrons. The molecule has 2 aromatic rings. The number of nitrogens with zero attached hydrogens (tertiary/aromatic N) is 1. The van der Waals surface area contributed by atoms with Crippen LogP contribution in [0.4, 0.5) is 0 Å². The fourth-order valence-electron chi connectivity index (χ4n) is 3.03. The summed E-state index contributed by atoms with van der Waals surface area (Å²) < 4.78 is 5.37. The lowest BCUT2D eigenvalue weighted by molar-refractivity contribution is -0.149. The second kappa shape index (κ2) is 7.70. The van der Waals surface area contributed by atoms with Crippen molar-refractivity contribution in [2.45, 2.75) is 26.0 Å². The van der Waals surface area contributed by atoms with Gasteiger partial charge in [-0.15, -0.1) is 0 Å². The van der Waals surface area contributed by atoms with Gasteiger partial charge in [0.1, 0.15) is 6.61 Å². The molecule has 0 aliphatic carbocycles. The van der Waals surface area contributed by atoms with Crippen LogP contribution in [0.2, 0.25) is 5.02 Å². The van der Waals surface area contributed by atoms with Gasteiger partial charge >= 0.3 is 5.97 Å². The Morgan fingerprint density at radius 2 is 1.88 bits per heavy atom. The van der Waals surface area contributed by atoms with E-state index in [1.54, 1.807) is 17.0 Å². The van der Waals surface area contributed by atoms with Crippen LogP contribution in [0.25, 0.3) is 0 Å². The Morgan fingerprint density at radius 3 is 2.56 bits per heavy atom. The molecule has 0 bridgehead atoms. The van der Waals surface area contributed by atoms with Crippen molar-refractivity contribution in [2.75, 3.05) is 6.54 Å². The van der Waals surface area contributed by atoms with Crippen molar-refractivity contribution < 1.29 is 14.3 Å².